The molecule has 3 N–H and O–H groups in total. The van der Waals surface area contributed by atoms with Gasteiger partial charge in [-0.2, -0.15) is 18.4 Å². The van der Waals surface area contributed by atoms with Gasteiger partial charge in [-0.15, -0.1) is 0 Å². The lowest BCUT2D eigenvalue weighted by molar-refractivity contribution is -0.192. The molecule has 0 aliphatic carbocycles. The molecule has 2 atom stereocenters. The van der Waals surface area contributed by atoms with Crippen molar-refractivity contribution < 1.29 is 27.9 Å². The number of anilines is 2. The van der Waals surface area contributed by atoms with Crippen molar-refractivity contribution in [2.45, 2.75) is 44.4 Å². The van der Waals surface area contributed by atoms with Crippen LogP contribution in [0.5, 0.6) is 0 Å². The maximum absolute atomic E-state index is 13.0. The molecule has 8 nitrogen and oxygen atoms in total. The number of halogens is 3. The number of alkyl halides is 3. The molecule has 1 saturated heterocycles. The van der Waals surface area contributed by atoms with Crippen LogP contribution in [0.15, 0.2) is 36.5 Å². The Morgan fingerprint density at radius 2 is 1.94 bits per heavy atom. The maximum Gasteiger partial charge on any atom is 0.490 e. The normalized spacial score (nSPS) is 19.7. The van der Waals surface area contributed by atoms with Crippen LogP contribution in [0, 0.1) is 11.3 Å². The number of carbonyl (C=O) groups is 2. The largest absolute Gasteiger partial charge is 0.490 e. The molecular formula is C23H24F3N5O3. The van der Waals surface area contributed by atoms with Crippen LogP contribution >= 0.6 is 0 Å². The SMILES string of the molecule is CC1C(=O)N(Cc2ccc(C#N)cc2)c2c(N3CCCC(N)C3)ccnc21.O=C(O)C(F)(F)F. The minimum Gasteiger partial charge on any atom is -0.475 e. The van der Waals surface area contributed by atoms with Crippen molar-refractivity contribution in [1.82, 2.24) is 4.98 Å². The first-order chi connectivity index (χ1) is 16.0. The molecule has 2 aliphatic rings. The highest BCUT2D eigenvalue weighted by Gasteiger charge is 2.39. The van der Waals surface area contributed by atoms with E-state index in [1.54, 1.807) is 18.3 Å². The Labute approximate surface area is 194 Å². The molecule has 0 bridgehead atoms. The lowest BCUT2D eigenvalue weighted by atomic mass is 10.0. The molecule has 1 aromatic carbocycles. The summed E-state index contributed by atoms with van der Waals surface area (Å²) in [5, 5.41) is 16.1. The van der Waals surface area contributed by atoms with Crippen LogP contribution in [0.2, 0.25) is 0 Å². The van der Waals surface area contributed by atoms with Gasteiger partial charge in [-0.25, -0.2) is 4.79 Å². The van der Waals surface area contributed by atoms with Crippen LogP contribution in [0.3, 0.4) is 0 Å². The molecule has 4 rings (SSSR count). The highest BCUT2D eigenvalue weighted by atomic mass is 19.4. The summed E-state index contributed by atoms with van der Waals surface area (Å²) in [4.78, 5) is 30.5. The van der Waals surface area contributed by atoms with E-state index in [2.05, 4.69) is 16.0 Å². The number of hydrogen-bond donors (Lipinski definition) is 2. The molecule has 1 aromatic heterocycles. The summed E-state index contributed by atoms with van der Waals surface area (Å²) in [6.45, 7) is 4.13. The zero-order chi connectivity index (χ0) is 25.0. The highest BCUT2D eigenvalue weighted by Crippen LogP contribution is 2.43. The first kappa shape index (κ1) is 25.0. The van der Waals surface area contributed by atoms with Gasteiger partial charge in [0, 0.05) is 25.3 Å². The summed E-state index contributed by atoms with van der Waals surface area (Å²) in [5.41, 5.74) is 10.6. The smallest absolute Gasteiger partial charge is 0.475 e. The Bertz CT molecular complexity index is 1100. The number of hydrogen-bond acceptors (Lipinski definition) is 6. The van der Waals surface area contributed by atoms with Crippen molar-refractivity contribution in [3.63, 3.8) is 0 Å². The number of nitrogens with zero attached hydrogens (tertiary/aromatic N) is 4. The van der Waals surface area contributed by atoms with Gasteiger partial charge in [0.05, 0.1) is 41.2 Å². The Morgan fingerprint density at radius 3 is 2.50 bits per heavy atom. The number of aromatic nitrogens is 1. The number of nitrogens with two attached hydrogens (primary N) is 1. The number of piperidine rings is 1. The van der Waals surface area contributed by atoms with E-state index in [1.165, 1.54) is 0 Å². The summed E-state index contributed by atoms with van der Waals surface area (Å²) in [6.07, 6.45) is -1.20. The molecule has 3 heterocycles. The Hall–Kier alpha value is -3.65. The molecule has 2 aliphatic heterocycles. The second-order valence-corrected chi connectivity index (χ2v) is 8.17. The monoisotopic (exact) mass is 475 g/mol. The summed E-state index contributed by atoms with van der Waals surface area (Å²) < 4.78 is 31.7. The Kier molecular flexibility index (Phi) is 7.41. The molecule has 0 saturated carbocycles. The number of nitriles is 1. The van der Waals surface area contributed by atoms with Gasteiger partial charge in [0.2, 0.25) is 5.91 Å². The Morgan fingerprint density at radius 1 is 1.29 bits per heavy atom. The van der Waals surface area contributed by atoms with E-state index in [-0.39, 0.29) is 17.9 Å². The molecule has 0 spiro atoms. The summed E-state index contributed by atoms with van der Waals surface area (Å²) >= 11 is 0. The van der Waals surface area contributed by atoms with E-state index in [9.17, 15) is 18.0 Å². The molecule has 180 valence electrons. The average molecular weight is 475 g/mol. The minimum absolute atomic E-state index is 0.0654. The number of pyridine rings is 1. The van der Waals surface area contributed by atoms with E-state index < -0.39 is 12.1 Å². The molecule has 1 amide bonds. The van der Waals surface area contributed by atoms with E-state index in [0.717, 1.165) is 48.6 Å². The van der Waals surface area contributed by atoms with Gasteiger partial charge in [-0.3, -0.25) is 9.78 Å². The molecule has 0 radical (unpaired) electrons. The third-order valence-corrected chi connectivity index (χ3v) is 5.71. The number of carbonyl (C=O) groups excluding carboxylic acids is 1. The lowest BCUT2D eigenvalue weighted by Gasteiger charge is -2.35. The van der Waals surface area contributed by atoms with Gasteiger partial charge in [0.25, 0.3) is 0 Å². The fourth-order valence-electron chi connectivity index (χ4n) is 4.02. The Balaban J connectivity index is 0.000000406. The topological polar surface area (TPSA) is 124 Å². The summed E-state index contributed by atoms with van der Waals surface area (Å²) in [5.74, 6) is -2.94. The molecular weight excluding hydrogens is 451 g/mol. The van der Waals surface area contributed by atoms with Crippen molar-refractivity contribution >= 4 is 23.3 Å². The van der Waals surface area contributed by atoms with Crippen LogP contribution < -0.4 is 15.5 Å². The number of carboxylic acids is 1. The fourth-order valence-corrected chi connectivity index (χ4v) is 4.02. The lowest BCUT2D eigenvalue weighted by Crippen LogP contribution is -2.43. The van der Waals surface area contributed by atoms with Crippen molar-refractivity contribution in [2.24, 2.45) is 5.73 Å². The number of aliphatic carboxylic acids is 1. The third-order valence-electron chi connectivity index (χ3n) is 5.71. The van der Waals surface area contributed by atoms with Gasteiger partial charge in [-0.1, -0.05) is 12.1 Å². The van der Waals surface area contributed by atoms with Crippen molar-refractivity contribution in [1.29, 1.82) is 5.26 Å². The van der Waals surface area contributed by atoms with E-state index in [4.69, 9.17) is 20.9 Å². The first-order valence-electron chi connectivity index (χ1n) is 10.6. The van der Waals surface area contributed by atoms with Gasteiger partial charge in [0.15, 0.2) is 0 Å². The zero-order valence-corrected chi connectivity index (χ0v) is 18.4. The van der Waals surface area contributed by atoms with Crippen LogP contribution in [0.25, 0.3) is 0 Å². The van der Waals surface area contributed by atoms with Gasteiger partial charge < -0.3 is 20.6 Å². The maximum atomic E-state index is 13.0. The molecule has 11 heteroatoms. The molecule has 1 fully saturated rings. The number of carboxylic acid groups (broad SMARTS) is 1. The first-order valence-corrected chi connectivity index (χ1v) is 10.6. The average Bonchev–Trinajstić information content (AvgIpc) is 3.04. The highest BCUT2D eigenvalue weighted by molar-refractivity contribution is 6.07. The molecule has 2 unspecified atom stereocenters. The number of rotatable bonds is 3. The zero-order valence-electron chi connectivity index (χ0n) is 18.4. The van der Waals surface area contributed by atoms with Crippen LogP contribution in [-0.4, -0.2) is 47.3 Å². The second-order valence-electron chi connectivity index (χ2n) is 8.17. The number of fused-ring (bicyclic) bond motifs is 1. The number of amides is 1. The van der Waals surface area contributed by atoms with Crippen LogP contribution in [-0.2, 0) is 16.1 Å². The van der Waals surface area contributed by atoms with E-state index in [0.29, 0.717) is 12.1 Å². The molecule has 34 heavy (non-hydrogen) atoms. The van der Waals surface area contributed by atoms with E-state index >= 15 is 0 Å². The van der Waals surface area contributed by atoms with Crippen molar-refractivity contribution in [3.8, 4) is 6.07 Å². The summed E-state index contributed by atoms with van der Waals surface area (Å²) in [7, 11) is 0. The molecule has 2 aromatic rings. The fraction of sp³-hybridized carbons (Fsp3) is 0.391. The second kappa shape index (κ2) is 10.1. The quantitative estimate of drug-likeness (QED) is 0.699. The predicted molar refractivity (Wildman–Crippen MR) is 118 cm³/mol. The van der Waals surface area contributed by atoms with Crippen LogP contribution in [0.4, 0.5) is 24.5 Å². The number of benzene rings is 1. The van der Waals surface area contributed by atoms with Gasteiger partial charge in [-0.05, 0) is 43.5 Å². The van der Waals surface area contributed by atoms with Crippen LogP contribution in [0.1, 0.15) is 42.5 Å². The standard InChI is InChI=1S/C21H23N5O.C2HF3O2/c1-14-19-20(18(8-9-24-19)25-10-2-3-17(23)13-25)26(21(14)27)12-16-6-4-15(11-22)5-7-16;3-2(4,5)1(6)7/h4-9,14,17H,2-3,10,12-13,23H2,1H3;(H,6,7). The van der Waals surface area contributed by atoms with E-state index in [1.807, 2.05) is 30.0 Å². The van der Waals surface area contributed by atoms with Gasteiger partial charge in [0.1, 0.15) is 0 Å². The van der Waals surface area contributed by atoms with Crippen molar-refractivity contribution in [2.75, 3.05) is 22.9 Å². The third kappa shape index (κ3) is 5.46. The van der Waals surface area contributed by atoms with Gasteiger partial charge >= 0.3 is 12.1 Å². The van der Waals surface area contributed by atoms with Crippen molar-refractivity contribution in [3.05, 3.63) is 53.3 Å². The summed E-state index contributed by atoms with van der Waals surface area (Å²) in [6, 6.07) is 11.7. The minimum atomic E-state index is -5.08. The predicted octanol–water partition coefficient (Wildman–Crippen LogP) is 3.16.